The maximum atomic E-state index is 11.9. The van der Waals surface area contributed by atoms with Crippen molar-refractivity contribution in [3.63, 3.8) is 0 Å². The van der Waals surface area contributed by atoms with Gasteiger partial charge in [-0.25, -0.2) is 0 Å². The number of benzene rings is 1. The fourth-order valence-electron chi connectivity index (χ4n) is 3.17. The van der Waals surface area contributed by atoms with E-state index in [0.717, 1.165) is 12.8 Å². The molecule has 3 rings (SSSR count). The average Bonchev–Trinajstić information content (AvgIpc) is 3.11. The molecular formula is C14H14N2O. The van der Waals surface area contributed by atoms with Gasteiger partial charge in [0.25, 0.3) is 0 Å². The van der Waals surface area contributed by atoms with E-state index in [4.69, 9.17) is 5.26 Å². The molecule has 0 radical (unpaired) electrons. The molecule has 0 saturated heterocycles. The number of nitrogens with one attached hydrogen (secondary N) is 1. The molecule has 0 aromatic heterocycles. The molecular weight excluding hydrogens is 212 g/mol. The number of hydrogen-bond acceptors (Lipinski definition) is 2. The van der Waals surface area contributed by atoms with E-state index < -0.39 is 0 Å². The number of aryl methyl sites for hydroxylation is 1. The van der Waals surface area contributed by atoms with Crippen LogP contribution in [0.2, 0.25) is 0 Å². The third-order valence-electron chi connectivity index (χ3n) is 3.97. The second-order valence-corrected chi connectivity index (χ2v) is 4.83. The SMILES string of the molecule is N#CCNC(=O)C1C2CCc3ccccc3C21. The highest BCUT2D eigenvalue weighted by atomic mass is 16.2. The summed E-state index contributed by atoms with van der Waals surface area (Å²) in [4.78, 5) is 11.9. The summed E-state index contributed by atoms with van der Waals surface area (Å²) in [5.41, 5.74) is 2.74. The number of carbonyl (C=O) groups is 1. The normalized spacial score (nSPS) is 28.5. The summed E-state index contributed by atoms with van der Waals surface area (Å²) in [6.07, 6.45) is 2.19. The van der Waals surface area contributed by atoms with E-state index >= 15 is 0 Å². The summed E-state index contributed by atoms with van der Waals surface area (Å²) < 4.78 is 0. The van der Waals surface area contributed by atoms with Crippen LogP contribution in [-0.4, -0.2) is 12.5 Å². The Kier molecular flexibility index (Phi) is 2.36. The molecule has 0 heterocycles. The van der Waals surface area contributed by atoms with E-state index in [-0.39, 0.29) is 18.4 Å². The first-order valence-electron chi connectivity index (χ1n) is 6.05. The van der Waals surface area contributed by atoms with Crippen LogP contribution in [0.25, 0.3) is 0 Å². The van der Waals surface area contributed by atoms with Gasteiger partial charge in [0.2, 0.25) is 5.91 Å². The van der Waals surface area contributed by atoms with Crippen molar-refractivity contribution in [2.45, 2.75) is 18.8 Å². The maximum absolute atomic E-state index is 11.9. The van der Waals surface area contributed by atoms with Crippen molar-refractivity contribution in [2.24, 2.45) is 11.8 Å². The number of fused-ring (bicyclic) bond motifs is 3. The Morgan fingerprint density at radius 1 is 1.47 bits per heavy atom. The van der Waals surface area contributed by atoms with Crippen molar-refractivity contribution in [2.75, 3.05) is 6.54 Å². The number of carbonyl (C=O) groups excluding carboxylic acids is 1. The fourth-order valence-corrected chi connectivity index (χ4v) is 3.17. The van der Waals surface area contributed by atoms with E-state index in [1.165, 1.54) is 11.1 Å². The molecule has 86 valence electrons. The van der Waals surface area contributed by atoms with Crippen LogP contribution in [0.3, 0.4) is 0 Å². The summed E-state index contributed by atoms with van der Waals surface area (Å²) in [6, 6.07) is 10.4. The predicted octanol–water partition coefficient (Wildman–Crippen LogP) is 1.60. The molecule has 17 heavy (non-hydrogen) atoms. The van der Waals surface area contributed by atoms with Crippen LogP contribution < -0.4 is 5.32 Å². The van der Waals surface area contributed by atoms with Gasteiger partial charge in [0.15, 0.2) is 0 Å². The van der Waals surface area contributed by atoms with Gasteiger partial charge in [0.1, 0.15) is 6.54 Å². The van der Waals surface area contributed by atoms with Gasteiger partial charge in [0.05, 0.1) is 6.07 Å². The molecule has 0 spiro atoms. The highest BCUT2D eigenvalue weighted by Gasteiger charge is 2.56. The quantitative estimate of drug-likeness (QED) is 0.779. The minimum atomic E-state index is 0.0539. The summed E-state index contributed by atoms with van der Waals surface area (Å²) >= 11 is 0. The van der Waals surface area contributed by atoms with E-state index in [0.29, 0.717) is 11.8 Å². The van der Waals surface area contributed by atoms with Crippen LogP contribution in [0.4, 0.5) is 0 Å². The molecule has 1 fully saturated rings. The molecule has 2 aliphatic carbocycles. The Bertz CT molecular complexity index is 503. The van der Waals surface area contributed by atoms with E-state index in [1.807, 2.05) is 12.1 Å². The van der Waals surface area contributed by atoms with Crippen molar-refractivity contribution < 1.29 is 4.79 Å². The smallest absolute Gasteiger partial charge is 0.224 e. The van der Waals surface area contributed by atoms with Crippen molar-refractivity contribution in [1.29, 1.82) is 5.26 Å². The van der Waals surface area contributed by atoms with Crippen LogP contribution in [0.5, 0.6) is 0 Å². The zero-order chi connectivity index (χ0) is 11.8. The van der Waals surface area contributed by atoms with Crippen molar-refractivity contribution in [3.8, 4) is 6.07 Å². The largest absolute Gasteiger partial charge is 0.343 e. The second kappa shape index (κ2) is 3.89. The Morgan fingerprint density at radius 2 is 2.29 bits per heavy atom. The molecule has 3 nitrogen and oxygen atoms in total. The first kappa shape index (κ1) is 10.3. The lowest BCUT2D eigenvalue weighted by atomic mass is 9.92. The highest BCUT2D eigenvalue weighted by molar-refractivity contribution is 5.84. The predicted molar refractivity (Wildman–Crippen MR) is 63.1 cm³/mol. The Morgan fingerprint density at radius 3 is 3.12 bits per heavy atom. The number of nitrogens with zero attached hydrogens (tertiary/aromatic N) is 1. The zero-order valence-corrected chi connectivity index (χ0v) is 9.52. The van der Waals surface area contributed by atoms with Gasteiger partial charge in [-0.3, -0.25) is 4.79 Å². The molecule has 3 atom stereocenters. The van der Waals surface area contributed by atoms with Crippen LogP contribution >= 0.6 is 0 Å². The average molecular weight is 226 g/mol. The molecule has 3 heteroatoms. The van der Waals surface area contributed by atoms with Crippen molar-refractivity contribution in [3.05, 3.63) is 35.4 Å². The fraction of sp³-hybridized carbons (Fsp3) is 0.429. The van der Waals surface area contributed by atoms with Crippen molar-refractivity contribution >= 4 is 5.91 Å². The van der Waals surface area contributed by atoms with Crippen LogP contribution in [-0.2, 0) is 11.2 Å². The first-order chi connectivity index (χ1) is 8.33. The van der Waals surface area contributed by atoms with Gasteiger partial charge in [-0.15, -0.1) is 0 Å². The number of hydrogen-bond donors (Lipinski definition) is 1. The van der Waals surface area contributed by atoms with Gasteiger partial charge >= 0.3 is 0 Å². The van der Waals surface area contributed by atoms with Gasteiger partial charge in [-0.2, -0.15) is 5.26 Å². The molecule has 1 N–H and O–H groups in total. The van der Waals surface area contributed by atoms with Crippen LogP contribution in [0.15, 0.2) is 24.3 Å². The van der Waals surface area contributed by atoms with Gasteiger partial charge in [0, 0.05) is 5.92 Å². The summed E-state index contributed by atoms with van der Waals surface area (Å²) in [5.74, 6) is 1.06. The van der Waals surface area contributed by atoms with Gasteiger partial charge in [-0.1, -0.05) is 24.3 Å². The molecule has 3 unspecified atom stereocenters. The Balaban J connectivity index is 1.78. The third-order valence-corrected chi connectivity index (χ3v) is 3.97. The van der Waals surface area contributed by atoms with E-state index in [1.54, 1.807) is 0 Å². The Hall–Kier alpha value is -1.82. The van der Waals surface area contributed by atoms with Crippen LogP contribution in [0, 0.1) is 23.2 Å². The number of nitriles is 1. The lowest BCUT2D eigenvalue weighted by Crippen LogP contribution is -2.26. The lowest BCUT2D eigenvalue weighted by Gasteiger charge is -2.13. The summed E-state index contributed by atoms with van der Waals surface area (Å²) in [7, 11) is 0. The zero-order valence-electron chi connectivity index (χ0n) is 9.52. The Labute approximate surface area is 100 Å². The first-order valence-corrected chi connectivity index (χ1v) is 6.05. The molecule has 0 bridgehead atoms. The molecule has 1 aromatic rings. The van der Waals surface area contributed by atoms with Gasteiger partial charge in [-0.05, 0) is 35.8 Å². The second-order valence-electron chi connectivity index (χ2n) is 4.83. The lowest BCUT2D eigenvalue weighted by molar-refractivity contribution is -0.122. The summed E-state index contributed by atoms with van der Waals surface area (Å²) in [5, 5.41) is 11.2. The standard InChI is InChI=1S/C14H14N2O/c15-7-8-16-14(17)13-11-6-5-9-3-1-2-4-10(9)12(11)13/h1-4,11-13H,5-6,8H2,(H,16,17). The highest BCUT2D eigenvalue weighted by Crippen LogP contribution is 2.59. The molecule has 1 amide bonds. The molecule has 1 saturated carbocycles. The van der Waals surface area contributed by atoms with E-state index in [9.17, 15) is 4.79 Å². The van der Waals surface area contributed by atoms with Gasteiger partial charge < -0.3 is 5.32 Å². The minimum absolute atomic E-state index is 0.0539. The molecule has 0 aliphatic heterocycles. The molecule has 1 aromatic carbocycles. The molecule has 2 aliphatic rings. The van der Waals surface area contributed by atoms with E-state index in [2.05, 4.69) is 23.5 Å². The number of rotatable bonds is 2. The summed E-state index contributed by atoms with van der Waals surface area (Å²) in [6.45, 7) is 0.121. The monoisotopic (exact) mass is 226 g/mol. The van der Waals surface area contributed by atoms with Crippen LogP contribution in [0.1, 0.15) is 23.5 Å². The third kappa shape index (κ3) is 1.61. The number of amides is 1. The maximum Gasteiger partial charge on any atom is 0.224 e. The minimum Gasteiger partial charge on any atom is -0.343 e. The topological polar surface area (TPSA) is 52.9 Å². The van der Waals surface area contributed by atoms with Crippen molar-refractivity contribution in [1.82, 2.24) is 5.32 Å².